The van der Waals surface area contributed by atoms with Crippen molar-refractivity contribution in [1.29, 1.82) is 0 Å². The first kappa shape index (κ1) is 16.3. The molecule has 0 fully saturated rings. The molecule has 0 radical (unpaired) electrons. The van der Waals surface area contributed by atoms with E-state index in [1.165, 1.54) is 11.8 Å². The maximum atomic E-state index is 12.3. The Morgan fingerprint density at radius 2 is 1.83 bits per heavy atom. The number of hydrogen-bond acceptors (Lipinski definition) is 4. The van der Waals surface area contributed by atoms with E-state index in [4.69, 9.17) is 9.47 Å². The summed E-state index contributed by atoms with van der Waals surface area (Å²) in [5.74, 6) is 0.725. The highest BCUT2D eigenvalue weighted by molar-refractivity contribution is 9.10. The third-order valence-corrected chi connectivity index (χ3v) is 4.01. The molecule has 2 aromatic rings. The Kier molecular flexibility index (Phi) is 4.71. The predicted molar refractivity (Wildman–Crippen MR) is 93.4 cm³/mol. The molecule has 1 heterocycles. The number of fused-ring (bicyclic) bond motifs is 1. The van der Waals surface area contributed by atoms with Gasteiger partial charge in [-0.1, -0.05) is 15.9 Å². The molecular formula is C17H15BrN2O4. The van der Waals surface area contributed by atoms with Gasteiger partial charge >= 0.3 is 0 Å². The summed E-state index contributed by atoms with van der Waals surface area (Å²) in [6, 6.07) is 12.3. The zero-order valence-corrected chi connectivity index (χ0v) is 14.5. The topological polar surface area (TPSA) is 67.9 Å². The average Bonchev–Trinajstić information content (AvgIpc) is 3.01. The summed E-state index contributed by atoms with van der Waals surface area (Å²) >= 11 is 3.35. The van der Waals surface area contributed by atoms with E-state index in [1.807, 2.05) is 12.1 Å². The lowest BCUT2D eigenvalue weighted by molar-refractivity contribution is -0.120. The van der Waals surface area contributed by atoms with Gasteiger partial charge in [0.1, 0.15) is 6.54 Å². The summed E-state index contributed by atoms with van der Waals surface area (Å²) in [6.07, 6.45) is 0. The number of halogens is 1. The third kappa shape index (κ3) is 3.68. The summed E-state index contributed by atoms with van der Waals surface area (Å²) in [5.41, 5.74) is 1.25. The second-order valence-corrected chi connectivity index (χ2v) is 6.11. The Morgan fingerprint density at radius 1 is 1.12 bits per heavy atom. The second-order valence-electron chi connectivity index (χ2n) is 5.20. The van der Waals surface area contributed by atoms with Crippen LogP contribution in [0.5, 0.6) is 11.5 Å². The van der Waals surface area contributed by atoms with Crippen molar-refractivity contribution in [3.05, 3.63) is 46.9 Å². The molecule has 1 aliphatic heterocycles. The molecule has 0 unspecified atom stereocenters. The first-order valence-corrected chi connectivity index (χ1v) is 8.05. The van der Waals surface area contributed by atoms with Crippen LogP contribution in [0.3, 0.4) is 0 Å². The zero-order valence-electron chi connectivity index (χ0n) is 12.9. The molecule has 7 heteroatoms. The Morgan fingerprint density at radius 3 is 2.54 bits per heavy atom. The highest BCUT2D eigenvalue weighted by Crippen LogP contribution is 2.34. The van der Waals surface area contributed by atoms with Crippen molar-refractivity contribution < 1.29 is 19.1 Å². The van der Waals surface area contributed by atoms with Crippen LogP contribution in [0, 0.1) is 0 Å². The molecule has 6 nitrogen and oxygen atoms in total. The molecule has 0 spiro atoms. The number of carbonyl (C=O) groups is 2. The van der Waals surface area contributed by atoms with E-state index in [-0.39, 0.29) is 25.2 Å². The second kappa shape index (κ2) is 6.92. The molecule has 2 aromatic carbocycles. The molecule has 0 atom stereocenters. The third-order valence-electron chi connectivity index (χ3n) is 3.48. The minimum absolute atomic E-state index is 0.0780. The van der Waals surface area contributed by atoms with E-state index in [2.05, 4.69) is 21.2 Å². The van der Waals surface area contributed by atoms with Gasteiger partial charge in [0.05, 0.1) is 0 Å². The zero-order chi connectivity index (χ0) is 17.1. The van der Waals surface area contributed by atoms with Gasteiger partial charge in [-0.05, 0) is 36.4 Å². The van der Waals surface area contributed by atoms with Crippen LogP contribution in [0.1, 0.15) is 6.92 Å². The van der Waals surface area contributed by atoms with Gasteiger partial charge in [-0.15, -0.1) is 0 Å². The molecule has 0 saturated carbocycles. The van der Waals surface area contributed by atoms with Crippen molar-refractivity contribution in [2.75, 3.05) is 23.6 Å². The van der Waals surface area contributed by atoms with Crippen LogP contribution in [0.4, 0.5) is 11.4 Å². The number of anilines is 2. The summed E-state index contributed by atoms with van der Waals surface area (Å²) in [6.45, 7) is 1.52. The predicted octanol–water partition coefficient (Wildman–Crippen LogP) is 3.17. The normalized spacial score (nSPS) is 11.9. The maximum absolute atomic E-state index is 12.3. The van der Waals surface area contributed by atoms with E-state index in [1.54, 1.807) is 30.3 Å². The minimum Gasteiger partial charge on any atom is -0.454 e. The molecule has 0 aromatic heterocycles. The quantitative estimate of drug-likeness (QED) is 0.870. The summed E-state index contributed by atoms with van der Waals surface area (Å²) in [4.78, 5) is 25.6. The van der Waals surface area contributed by atoms with E-state index >= 15 is 0 Å². The Bertz CT molecular complexity index is 777. The fourth-order valence-corrected chi connectivity index (χ4v) is 2.59. The lowest BCUT2D eigenvalue weighted by Crippen LogP contribution is -2.36. The number of ether oxygens (including phenoxy) is 2. The van der Waals surface area contributed by atoms with Gasteiger partial charge in [0.25, 0.3) is 0 Å². The van der Waals surface area contributed by atoms with Gasteiger partial charge in [-0.2, -0.15) is 0 Å². The molecule has 0 saturated heterocycles. The van der Waals surface area contributed by atoms with Crippen LogP contribution < -0.4 is 19.7 Å². The Balaban J connectivity index is 1.70. The fraction of sp³-hybridized carbons (Fsp3) is 0.176. The lowest BCUT2D eigenvalue weighted by Gasteiger charge is -2.20. The van der Waals surface area contributed by atoms with E-state index in [0.717, 1.165) is 4.47 Å². The van der Waals surface area contributed by atoms with Gasteiger partial charge in [-0.25, -0.2) is 0 Å². The lowest BCUT2D eigenvalue weighted by atomic mass is 10.2. The number of benzene rings is 2. The highest BCUT2D eigenvalue weighted by atomic mass is 79.9. The Labute approximate surface area is 147 Å². The molecule has 2 amide bonds. The van der Waals surface area contributed by atoms with Gasteiger partial charge in [-0.3, -0.25) is 9.59 Å². The number of nitrogens with one attached hydrogen (secondary N) is 1. The van der Waals surface area contributed by atoms with Crippen molar-refractivity contribution in [2.45, 2.75) is 6.92 Å². The van der Waals surface area contributed by atoms with Crippen LogP contribution >= 0.6 is 15.9 Å². The van der Waals surface area contributed by atoms with Crippen LogP contribution in [0.15, 0.2) is 46.9 Å². The molecular weight excluding hydrogens is 376 g/mol. The molecule has 1 N–H and O–H groups in total. The molecule has 0 bridgehead atoms. The van der Waals surface area contributed by atoms with Crippen LogP contribution in [-0.2, 0) is 9.59 Å². The van der Waals surface area contributed by atoms with Crippen molar-refractivity contribution in [3.63, 3.8) is 0 Å². The maximum Gasteiger partial charge on any atom is 0.244 e. The minimum atomic E-state index is -0.299. The largest absolute Gasteiger partial charge is 0.454 e. The molecule has 0 aliphatic carbocycles. The van der Waals surface area contributed by atoms with Crippen LogP contribution in [-0.4, -0.2) is 25.2 Å². The highest BCUT2D eigenvalue weighted by Gasteiger charge is 2.18. The van der Waals surface area contributed by atoms with Crippen molar-refractivity contribution in [3.8, 4) is 11.5 Å². The first-order valence-electron chi connectivity index (χ1n) is 7.26. The van der Waals surface area contributed by atoms with Crippen molar-refractivity contribution in [2.24, 2.45) is 0 Å². The summed E-state index contributed by atoms with van der Waals surface area (Å²) in [7, 11) is 0. The number of hydrogen-bond donors (Lipinski definition) is 1. The number of rotatable bonds is 4. The van der Waals surface area contributed by atoms with Crippen LogP contribution in [0.25, 0.3) is 0 Å². The van der Waals surface area contributed by atoms with Gasteiger partial charge < -0.3 is 19.7 Å². The van der Waals surface area contributed by atoms with Crippen LogP contribution in [0.2, 0.25) is 0 Å². The van der Waals surface area contributed by atoms with Crippen molar-refractivity contribution in [1.82, 2.24) is 0 Å². The fourth-order valence-electron chi connectivity index (χ4n) is 2.32. The molecule has 3 rings (SSSR count). The van der Waals surface area contributed by atoms with Gasteiger partial charge in [0.2, 0.25) is 18.6 Å². The summed E-state index contributed by atoms with van der Waals surface area (Å²) in [5, 5.41) is 2.76. The standard InChI is InChI=1S/C17H15BrN2O4/c1-11(21)20(14-5-2-12(18)3-6-14)9-17(22)19-13-4-7-15-16(8-13)24-10-23-15/h2-8H,9-10H2,1H3,(H,19,22). The number of nitrogens with zero attached hydrogens (tertiary/aromatic N) is 1. The molecule has 1 aliphatic rings. The van der Waals surface area contributed by atoms with E-state index in [0.29, 0.717) is 22.9 Å². The monoisotopic (exact) mass is 390 g/mol. The van der Waals surface area contributed by atoms with Gasteiger partial charge in [0, 0.05) is 28.8 Å². The average molecular weight is 391 g/mol. The SMILES string of the molecule is CC(=O)N(CC(=O)Nc1ccc2c(c1)OCO2)c1ccc(Br)cc1. The molecule has 24 heavy (non-hydrogen) atoms. The Hall–Kier alpha value is -2.54. The van der Waals surface area contributed by atoms with Crippen molar-refractivity contribution >= 4 is 39.1 Å². The first-order chi connectivity index (χ1) is 11.5. The smallest absolute Gasteiger partial charge is 0.244 e. The number of carbonyl (C=O) groups excluding carboxylic acids is 2. The molecule has 124 valence electrons. The van der Waals surface area contributed by atoms with E-state index < -0.39 is 0 Å². The van der Waals surface area contributed by atoms with Gasteiger partial charge in [0.15, 0.2) is 11.5 Å². The number of amides is 2. The summed E-state index contributed by atoms with van der Waals surface area (Å²) < 4.78 is 11.4. The van der Waals surface area contributed by atoms with E-state index in [9.17, 15) is 9.59 Å².